The minimum Gasteiger partial charge on any atom is -0.269 e. The monoisotopic (exact) mass is 374 g/mol. The predicted octanol–water partition coefficient (Wildman–Crippen LogP) is 4.50. The van der Waals surface area contributed by atoms with Crippen LogP contribution in [0.3, 0.4) is 0 Å². The molecule has 110 valence electrons. The Labute approximate surface area is 141 Å². The SMILES string of the molecule is Cc1cccn2c(=O)cc(/C(Cl)=C/c3ccc(Br)cc3)nc12. The van der Waals surface area contributed by atoms with Crippen molar-refractivity contribution in [1.82, 2.24) is 9.38 Å². The molecule has 5 heteroatoms. The van der Waals surface area contributed by atoms with E-state index in [9.17, 15) is 4.79 Å². The molecular weight excluding hydrogens is 364 g/mol. The summed E-state index contributed by atoms with van der Waals surface area (Å²) in [7, 11) is 0. The third-order valence-electron chi connectivity index (χ3n) is 3.29. The van der Waals surface area contributed by atoms with E-state index in [2.05, 4.69) is 20.9 Å². The number of hydrogen-bond acceptors (Lipinski definition) is 2. The average Bonchev–Trinajstić information content (AvgIpc) is 2.50. The van der Waals surface area contributed by atoms with Crippen molar-refractivity contribution in [3.8, 4) is 0 Å². The summed E-state index contributed by atoms with van der Waals surface area (Å²) in [6, 6.07) is 12.9. The van der Waals surface area contributed by atoms with Gasteiger partial charge in [-0.25, -0.2) is 4.98 Å². The number of aryl methyl sites for hydroxylation is 1. The molecule has 0 N–H and O–H groups in total. The van der Waals surface area contributed by atoms with E-state index in [1.807, 2.05) is 43.3 Å². The van der Waals surface area contributed by atoms with Crippen molar-refractivity contribution >= 4 is 44.3 Å². The minimum atomic E-state index is -0.147. The standard InChI is InChI=1S/C17H12BrClN2O/c1-11-3-2-8-21-16(22)10-15(20-17(11)21)14(19)9-12-4-6-13(18)7-5-12/h2-10H,1H3/b14-9-. The van der Waals surface area contributed by atoms with Gasteiger partial charge in [0, 0.05) is 16.7 Å². The Balaban J connectivity index is 2.11. The highest BCUT2D eigenvalue weighted by Gasteiger charge is 2.07. The summed E-state index contributed by atoms with van der Waals surface area (Å²) in [4.78, 5) is 16.7. The third kappa shape index (κ3) is 2.98. The lowest BCUT2D eigenvalue weighted by Crippen LogP contribution is -2.15. The highest BCUT2D eigenvalue weighted by molar-refractivity contribution is 9.10. The van der Waals surface area contributed by atoms with Crippen LogP contribution in [0.4, 0.5) is 0 Å². The summed E-state index contributed by atoms with van der Waals surface area (Å²) in [6.45, 7) is 1.91. The molecule has 22 heavy (non-hydrogen) atoms. The maximum Gasteiger partial charge on any atom is 0.258 e. The smallest absolute Gasteiger partial charge is 0.258 e. The maximum atomic E-state index is 12.2. The Morgan fingerprint density at radius 3 is 2.73 bits per heavy atom. The largest absolute Gasteiger partial charge is 0.269 e. The molecule has 0 aliphatic carbocycles. The number of hydrogen-bond donors (Lipinski definition) is 0. The van der Waals surface area contributed by atoms with Gasteiger partial charge in [0.05, 0.1) is 10.7 Å². The molecule has 0 saturated heterocycles. The van der Waals surface area contributed by atoms with Gasteiger partial charge in [-0.15, -0.1) is 0 Å². The number of rotatable bonds is 2. The summed E-state index contributed by atoms with van der Waals surface area (Å²) in [5.74, 6) is 0. The van der Waals surface area contributed by atoms with Crippen LogP contribution in [0.1, 0.15) is 16.8 Å². The van der Waals surface area contributed by atoms with Gasteiger partial charge < -0.3 is 0 Å². The van der Waals surface area contributed by atoms with E-state index < -0.39 is 0 Å². The number of fused-ring (bicyclic) bond motifs is 1. The van der Waals surface area contributed by atoms with Crippen LogP contribution >= 0.6 is 27.5 Å². The zero-order chi connectivity index (χ0) is 15.7. The first-order valence-electron chi connectivity index (χ1n) is 6.67. The molecule has 3 rings (SSSR count). The summed E-state index contributed by atoms with van der Waals surface area (Å²) in [5, 5.41) is 0.435. The number of halogens is 2. The molecule has 1 aromatic carbocycles. The lowest BCUT2D eigenvalue weighted by atomic mass is 10.2. The van der Waals surface area contributed by atoms with Crippen molar-refractivity contribution in [2.24, 2.45) is 0 Å². The fraction of sp³-hybridized carbons (Fsp3) is 0.0588. The van der Waals surface area contributed by atoms with E-state index in [0.29, 0.717) is 16.4 Å². The molecule has 0 aliphatic heterocycles. The first-order valence-corrected chi connectivity index (χ1v) is 7.84. The molecule has 0 amide bonds. The van der Waals surface area contributed by atoms with Crippen molar-refractivity contribution in [2.75, 3.05) is 0 Å². The molecule has 2 aromatic heterocycles. The summed E-state index contributed by atoms with van der Waals surface area (Å²) in [6.07, 6.45) is 3.50. The van der Waals surface area contributed by atoms with Gasteiger partial charge in [-0.2, -0.15) is 0 Å². The number of pyridine rings is 1. The molecule has 0 bridgehead atoms. The second-order valence-corrected chi connectivity index (χ2v) is 6.23. The van der Waals surface area contributed by atoms with Gasteiger partial charge in [0.25, 0.3) is 5.56 Å². The van der Waals surface area contributed by atoms with Crippen LogP contribution < -0.4 is 5.56 Å². The van der Waals surface area contributed by atoms with E-state index in [1.165, 1.54) is 10.5 Å². The number of aromatic nitrogens is 2. The van der Waals surface area contributed by atoms with Crippen molar-refractivity contribution in [3.63, 3.8) is 0 Å². The molecule has 3 aromatic rings. The van der Waals surface area contributed by atoms with Gasteiger partial charge in [-0.3, -0.25) is 9.20 Å². The first-order chi connectivity index (χ1) is 10.5. The van der Waals surface area contributed by atoms with Crippen LogP contribution in [0.15, 0.2) is 57.9 Å². The quantitative estimate of drug-likeness (QED) is 0.661. The van der Waals surface area contributed by atoms with Crippen LogP contribution in [-0.4, -0.2) is 9.38 Å². The van der Waals surface area contributed by atoms with Crippen molar-refractivity contribution in [3.05, 3.63) is 80.3 Å². The highest BCUT2D eigenvalue weighted by atomic mass is 79.9. The lowest BCUT2D eigenvalue weighted by molar-refractivity contribution is 1.02. The Morgan fingerprint density at radius 2 is 2.00 bits per heavy atom. The van der Waals surface area contributed by atoms with E-state index in [4.69, 9.17) is 11.6 Å². The summed E-state index contributed by atoms with van der Waals surface area (Å²) >= 11 is 9.74. The molecule has 0 unspecified atom stereocenters. The maximum absolute atomic E-state index is 12.2. The molecule has 0 saturated carbocycles. The van der Waals surface area contributed by atoms with Crippen molar-refractivity contribution in [2.45, 2.75) is 6.92 Å². The molecule has 0 spiro atoms. The normalized spacial score (nSPS) is 11.9. The van der Waals surface area contributed by atoms with Gasteiger partial charge in [-0.1, -0.05) is 45.7 Å². The molecule has 0 radical (unpaired) electrons. The fourth-order valence-electron chi connectivity index (χ4n) is 2.16. The van der Waals surface area contributed by atoms with Crippen LogP contribution in [0, 0.1) is 6.92 Å². The molecule has 0 aliphatic rings. The first kappa shape index (κ1) is 15.0. The Bertz CT molecular complexity index is 930. The van der Waals surface area contributed by atoms with Crippen LogP contribution in [0.2, 0.25) is 0 Å². The second kappa shape index (κ2) is 6.07. The Morgan fingerprint density at radius 1 is 1.27 bits per heavy atom. The van der Waals surface area contributed by atoms with Crippen LogP contribution in [0.25, 0.3) is 16.8 Å². The predicted molar refractivity (Wildman–Crippen MR) is 94.1 cm³/mol. The molecule has 0 atom stereocenters. The van der Waals surface area contributed by atoms with Gasteiger partial charge >= 0.3 is 0 Å². The lowest BCUT2D eigenvalue weighted by Gasteiger charge is -2.05. The molecule has 2 heterocycles. The average molecular weight is 376 g/mol. The van der Waals surface area contributed by atoms with Crippen LogP contribution in [0.5, 0.6) is 0 Å². The van der Waals surface area contributed by atoms with Gasteiger partial charge in [0.1, 0.15) is 5.65 Å². The van der Waals surface area contributed by atoms with Crippen molar-refractivity contribution < 1.29 is 0 Å². The topological polar surface area (TPSA) is 34.4 Å². The van der Waals surface area contributed by atoms with Gasteiger partial charge in [0.15, 0.2) is 0 Å². The van der Waals surface area contributed by atoms with Gasteiger partial charge in [0.2, 0.25) is 0 Å². The summed E-state index contributed by atoms with van der Waals surface area (Å²) < 4.78 is 2.52. The Kier molecular flexibility index (Phi) is 4.14. The molecule has 3 nitrogen and oxygen atoms in total. The zero-order valence-electron chi connectivity index (χ0n) is 11.8. The van der Waals surface area contributed by atoms with E-state index in [1.54, 1.807) is 12.3 Å². The van der Waals surface area contributed by atoms with E-state index in [0.717, 1.165) is 15.6 Å². The molecular formula is C17H12BrClN2O. The fourth-order valence-corrected chi connectivity index (χ4v) is 2.65. The second-order valence-electron chi connectivity index (χ2n) is 4.91. The number of nitrogens with zero attached hydrogens (tertiary/aromatic N) is 2. The minimum absolute atomic E-state index is 0.147. The third-order valence-corrected chi connectivity index (χ3v) is 4.13. The van der Waals surface area contributed by atoms with E-state index in [-0.39, 0.29) is 5.56 Å². The Hall–Kier alpha value is -1.91. The van der Waals surface area contributed by atoms with E-state index >= 15 is 0 Å². The number of benzene rings is 1. The van der Waals surface area contributed by atoms with Crippen molar-refractivity contribution in [1.29, 1.82) is 0 Å². The highest BCUT2D eigenvalue weighted by Crippen LogP contribution is 2.21. The van der Waals surface area contributed by atoms with Crippen LogP contribution in [-0.2, 0) is 0 Å². The van der Waals surface area contributed by atoms with Gasteiger partial charge in [-0.05, 0) is 42.3 Å². The molecule has 0 fully saturated rings. The summed E-state index contributed by atoms with van der Waals surface area (Å²) in [5.41, 5.74) is 2.82. The zero-order valence-corrected chi connectivity index (χ0v) is 14.1.